The van der Waals surface area contributed by atoms with Crippen LogP contribution in [0.4, 0.5) is 0 Å². The molecule has 2 aromatic carbocycles. The van der Waals surface area contributed by atoms with Crippen molar-refractivity contribution in [1.29, 1.82) is 0 Å². The molecular weight excluding hydrogens is 380 g/mol. The number of carbonyl (C=O) groups is 1. The van der Waals surface area contributed by atoms with E-state index in [1.807, 2.05) is 71.6 Å². The highest BCUT2D eigenvalue weighted by Gasteiger charge is 2.27. The van der Waals surface area contributed by atoms with Crippen LogP contribution in [0.15, 0.2) is 77.6 Å². The fourth-order valence-electron chi connectivity index (χ4n) is 4.01. The summed E-state index contributed by atoms with van der Waals surface area (Å²) in [6, 6.07) is 23.1. The number of benzene rings is 2. The third kappa shape index (κ3) is 3.08. The van der Waals surface area contributed by atoms with Gasteiger partial charge in [0.1, 0.15) is 9.71 Å². The number of para-hydroxylation sites is 1. The number of aromatic nitrogens is 1. The summed E-state index contributed by atoms with van der Waals surface area (Å²) in [5, 5.41) is 0.937. The molecule has 4 aromatic rings. The lowest BCUT2D eigenvalue weighted by atomic mass is 10.0. The minimum atomic E-state index is -0.0928. The van der Waals surface area contributed by atoms with Gasteiger partial charge in [0.2, 0.25) is 0 Å². The van der Waals surface area contributed by atoms with E-state index in [4.69, 9.17) is 0 Å². The van der Waals surface area contributed by atoms with Crippen molar-refractivity contribution in [3.8, 4) is 16.8 Å². The Hall–Kier alpha value is -3.18. The first-order chi connectivity index (χ1) is 14.2. The Labute approximate surface area is 172 Å². The van der Waals surface area contributed by atoms with Crippen LogP contribution in [0.25, 0.3) is 27.0 Å². The van der Waals surface area contributed by atoms with Crippen LogP contribution >= 0.6 is 11.3 Å². The molecule has 0 bridgehead atoms. The van der Waals surface area contributed by atoms with E-state index in [0.717, 1.165) is 53.0 Å². The zero-order chi connectivity index (χ0) is 19.8. The number of hydrogen-bond acceptors (Lipinski definition) is 3. The molecule has 1 amide bonds. The molecule has 0 unspecified atom stereocenters. The summed E-state index contributed by atoms with van der Waals surface area (Å²) < 4.78 is 1.72. The Bertz CT molecular complexity index is 1240. The molecule has 1 aliphatic rings. The molecule has 0 N–H and O–H groups in total. The zero-order valence-electron chi connectivity index (χ0n) is 15.9. The van der Waals surface area contributed by atoms with Gasteiger partial charge in [-0.25, -0.2) is 0 Å². The fourth-order valence-corrected chi connectivity index (χ4v) is 5.32. The highest BCUT2D eigenvalue weighted by atomic mass is 32.1. The van der Waals surface area contributed by atoms with Gasteiger partial charge in [0, 0.05) is 30.1 Å². The molecular formula is C24H20N2O2S. The van der Waals surface area contributed by atoms with E-state index in [1.165, 1.54) is 11.3 Å². The lowest BCUT2D eigenvalue weighted by molar-refractivity contribution is 0.0798. The quantitative estimate of drug-likeness (QED) is 0.488. The van der Waals surface area contributed by atoms with Gasteiger partial charge in [0.15, 0.2) is 0 Å². The molecule has 1 fully saturated rings. The number of nitrogens with zero attached hydrogens (tertiary/aromatic N) is 2. The monoisotopic (exact) mass is 400 g/mol. The van der Waals surface area contributed by atoms with Crippen molar-refractivity contribution in [3.63, 3.8) is 0 Å². The van der Waals surface area contributed by atoms with Crippen molar-refractivity contribution in [1.82, 2.24) is 9.47 Å². The first-order valence-corrected chi connectivity index (χ1v) is 10.6. The summed E-state index contributed by atoms with van der Waals surface area (Å²) in [4.78, 5) is 29.6. The molecule has 2 aromatic heterocycles. The van der Waals surface area contributed by atoms with Gasteiger partial charge in [-0.1, -0.05) is 48.5 Å². The molecule has 5 heteroatoms. The van der Waals surface area contributed by atoms with E-state index in [-0.39, 0.29) is 11.5 Å². The van der Waals surface area contributed by atoms with Crippen LogP contribution in [0.3, 0.4) is 0 Å². The van der Waals surface area contributed by atoms with Crippen molar-refractivity contribution in [2.45, 2.75) is 12.8 Å². The predicted octanol–water partition coefficient (Wildman–Crippen LogP) is 4.96. The number of amides is 1. The Balaban J connectivity index is 1.82. The highest BCUT2D eigenvalue weighted by molar-refractivity contribution is 7.21. The number of rotatable bonds is 3. The Morgan fingerprint density at radius 1 is 0.828 bits per heavy atom. The smallest absolute Gasteiger partial charge is 0.264 e. The molecule has 0 radical (unpaired) electrons. The molecule has 4 nitrogen and oxygen atoms in total. The van der Waals surface area contributed by atoms with Gasteiger partial charge in [0.25, 0.3) is 11.5 Å². The van der Waals surface area contributed by atoms with Gasteiger partial charge in [-0.2, -0.15) is 0 Å². The predicted molar refractivity (Wildman–Crippen MR) is 118 cm³/mol. The molecule has 0 aliphatic carbocycles. The van der Waals surface area contributed by atoms with Crippen LogP contribution in [0.2, 0.25) is 0 Å². The van der Waals surface area contributed by atoms with E-state index >= 15 is 0 Å². The molecule has 1 aliphatic heterocycles. The van der Waals surface area contributed by atoms with Crippen LogP contribution in [0, 0.1) is 0 Å². The minimum absolute atomic E-state index is 0.0645. The number of thiophene rings is 1. The van der Waals surface area contributed by atoms with Crippen molar-refractivity contribution >= 4 is 27.5 Å². The molecule has 1 saturated heterocycles. The minimum Gasteiger partial charge on any atom is -0.338 e. The van der Waals surface area contributed by atoms with Crippen LogP contribution in [0.5, 0.6) is 0 Å². The first kappa shape index (κ1) is 17.9. The van der Waals surface area contributed by atoms with Crippen molar-refractivity contribution in [2.75, 3.05) is 13.1 Å². The largest absolute Gasteiger partial charge is 0.338 e. The highest BCUT2D eigenvalue weighted by Crippen LogP contribution is 2.40. The summed E-state index contributed by atoms with van der Waals surface area (Å²) >= 11 is 1.42. The van der Waals surface area contributed by atoms with Gasteiger partial charge in [0.05, 0.1) is 5.69 Å². The van der Waals surface area contributed by atoms with Crippen LogP contribution < -0.4 is 5.56 Å². The molecule has 0 atom stereocenters. The summed E-state index contributed by atoms with van der Waals surface area (Å²) in [5.41, 5.74) is 2.64. The standard InChI is InChI=1S/C24H20N2O2S/c27-20-14-13-19-21(17-9-3-1-4-10-17)22(23(28)25-15-7-8-16-25)29-24(19)26(20)18-11-5-2-6-12-18/h1-6,9-14H,7-8,15-16H2. The van der Waals surface area contributed by atoms with E-state index in [1.54, 1.807) is 10.6 Å². The molecule has 0 saturated carbocycles. The number of likely N-dealkylation sites (tertiary alicyclic amines) is 1. The summed E-state index contributed by atoms with van der Waals surface area (Å²) in [6.07, 6.45) is 2.10. The van der Waals surface area contributed by atoms with Crippen molar-refractivity contribution in [3.05, 3.63) is 88.0 Å². The number of hydrogen-bond donors (Lipinski definition) is 0. The second kappa shape index (κ2) is 7.33. The fraction of sp³-hybridized carbons (Fsp3) is 0.167. The van der Waals surface area contributed by atoms with Gasteiger partial charge >= 0.3 is 0 Å². The maximum atomic E-state index is 13.4. The third-order valence-electron chi connectivity index (χ3n) is 5.41. The lowest BCUT2D eigenvalue weighted by Crippen LogP contribution is -2.27. The average Bonchev–Trinajstić information content (AvgIpc) is 3.43. The maximum absolute atomic E-state index is 13.4. The van der Waals surface area contributed by atoms with Crippen molar-refractivity contribution < 1.29 is 4.79 Å². The Morgan fingerprint density at radius 2 is 1.48 bits per heavy atom. The Morgan fingerprint density at radius 3 is 2.17 bits per heavy atom. The number of pyridine rings is 1. The maximum Gasteiger partial charge on any atom is 0.264 e. The second-order valence-electron chi connectivity index (χ2n) is 7.23. The topological polar surface area (TPSA) is 42.3 Å². The average molecular weight is 401 g/mol. The van der Waals surface area contributed by atoms with Crippen LogP contribution in [0.1, 0.15) is 22.5 Å². The molecule has 144 valence electrons. The van der Waals surface area contributed by atoms with Crippen molar-refractivity contribution in [2.24, 2.45) is 0 Å². The van der Waals surface area contributed by atoms with Gasteiger partial charge in [-0.05, 0) is 36.6 Å². The van der Waals surface area contributed by atoms with Crippen LogP contribution in [-0.2, 0) is 0 Å². The lowest BCUT2D eigenvalue weighted by Gasteiger charge is -2.15. The number of fused-ring (bicyclic) bond motifs is 1. The second-order valence-corrected chi connectivity index (χ2v) is 8.23. The van der Waals surface area contributed by atoms with Gasteiger partial charge < -0.3 is 4.90 Å². The van der Waals surface area contributed by atoms with Gasteiger partial charge in [-0.3, -0.25) is 14.2 Å². The summed E-state index contributed by atoms with van der Waals surface area (Å²) in [7, 11) is 0. The van der Waals surface area contributed by atoms with E-state index in [9.17, 15) is 9.59 Å². The number of carbonyl (C=O) groups excluding carboxylic acids is 1. The van der Waals surface area contributed by atoms with E-state index < -0.39 is 0 Å². The van der Waals surface area contributed by atoms with E-state index in [0.29, 0.717) is 4.88 Å². The summed E-state index contributed by atoms with van der Waals surface area (Å²) in [6.45, 7) is 1.60. The van der Waals surface area contributed by atoms with E-state index in [2.05, 4.69) is 0 Å². The molecule has 0 spiro atoms. The Kier molecular flexibility index (Phi) is 4.52. The SMILES string of the molecule is O=C(c1sc2c(ccc(=O)n2-c2ccccc2)c1-c1ccccc1)N1CCCC1. The molecule has 5 rings (SSSR count). The summed E-state index contributed by atoms with van der Waals surface area (Å²) in [5.74, 6) is 0.0645. The molecule has 3 heterocycles. The van der Waals surface area contributed by atoms with Gasteiger partial charge in [-0.15, -0.1) is 11.3 Å². The van der Waals surface area contributed by atoms with Crippen LogP contribution in [-0.4, -0.2) is 28.5 Å². The first-order valence-electron chi connectivity index (χ1n) is 9.83. The third-order valence-corrected chi connectivity index (χ3v) is 6.58. The molecule has 29 heavy (non-hydrogen) atoms. The normalized spacial score (nSPS) is 13.9. The zero-order valence-corrected chi connectivity index (χ0v) is 16.7.